The van der Waals surface area contributed by atoms with E-state index in [4.69, 9.17) is 9.84 Å². The predicted octanol–water partition coefficient (Wildman–Crippen LogP) is 0.692. The molecule has 0 aromatic carbocycles. The second kappa shape index (κ2) is 5.86. The van der Waals surface area contributed by atoms with Crippen LogP contribution in [0.5, 0.6) is 0 Å². The predicted molar refractivity (Wildman–Crippen MR) is 62.6 cm³/mol. The van der Waals surface area contributed by atoms with Crippen molar-refractivity contribution in [3.05, 3.63) is 0 Å². The maximum absolute atomic E-state index is 12.9. The summed E-state index contributed by atoms with van der Waals surface area (Å²) in [5.41, 5.74) is -3.02. The monoisotopic (exact) mass is 319 g/mol. The molecule has 0 bridgehead atoms. The van der Waals surface area contributed by atoms with Crippen LogP contribution in [0.2, 0.25) is 0 Å². The van der Waals surface area contributed by atoms with E-state index in [1.54, 1.807) is 6.92 Å². The molecule has 1 rings (SSSR count). The third-order valence-electron chi connectivity index (χ3n) is 3.27. The summed E-state index contributed by atoms with van der Waals surface area (Å²) in [6.45, 7) is 0.265. The van der Waals surface area contributed by atoms with Gasteiger partial charge < -0.3 is 9.84 Å². The molecule has 20 heavy (non-hydrogen) atoms. The van der Waals surface area contributed by atoms with Gasteiger partial charge in [-0.25, -0.2) is 12.7 Å². The maximum Gasteiger partial charge on any atom is 0.406 e. The normalized spacial score (nSPS) is 25.0. The Morgan fingerprint density at radius 1 is 1.45 bits per heavy atom. The zero-order valence-electron chi connectivity index (χ0n) is 10.8. The quantitative estimate of drug-likeness (QED) is 0.728. The number of halogens is 3. The molecule has 0 aromatic rings. The van der Waals surface area contributed by atoms with Crippen LogP contribution in [0, 0.1) is 5.41 Å². The molecule has 1 N–H and O–H groups in total. The van der Waals surface area contributed by atoms with Crippen molar-refractivity contribution in [3.63, 3.8) is 0 Å². The van der Waals surface area contributed by atoms with Crippen molar-refractivity contribution in [2.75, 3.05) is 32.1 Å². The van der Waals surface area contributed by atoms with Crippen molar-refractivity contribution in [1.29, 1.82) is 0 Å². The van der Waals surface area contributed by atoms with Crippen LogP contribution in [0.15, 0.2) is 0 Å². The van der Waals surface area contributed by atoms with Crippen molar-refractivity contribution in [2.24, 2.45) is 5.41 Å². The lowest BCUT2D eigenvalue weighted by molar-refractivity contribution is -0.226. The van der Waals surface area contributed by atoms with Gasteiger partial charge in [-0.15, -0.1) is 0 Å². The molecule has 6 nitrogen and oxygen atoms in total. The lowest BCUT2D eigenvalue weighted by Gasteiger charge is -2.27. The Hall–Kier alpha value is -0.870. The smallest absolute Gasteiger partial charge is 0.406 e. The molecule has 1 aliphatic rings. The van der Waals surface area contributed by atoms with Gasteiger partial charge in [0.2, 0.25) is 10.0 Å². The zero-order valence-corrected chi connectivity index (χ0v) is 11.6. The number of hydrogen-bond acceptors (Lipinski definition) is 4. The van der Waals surface area contributed by atoms with Crippen LogP contribution in [-0.4, -0.2) is 62.0 Å². The van der Waals surface area contributed by atoms with Crippen molar-refractivity contribution < 1.29 is 36.2 Å². The first kappa shape index (κ1) is 17.2. The van der Waals surface area contributed by atoms with Crippen molar-refractivity contribution in [1.82, 2.24) is 4.31 Å². The zero-order chi connectivity index (χ0) is 15.6. The average molecular weight is 319 g/mol. The molecule has 1 heterocycles. The molecule has 1 fully saturated rings. The molecular weight excluding hydrogens is 303 g/mol. The Labute approximate surface area is 114 Å². The fraction of sp³-hybridized carbons (Fsp3) is 0.900. The van der Waals surface area contributed by atoms with E-state index in [1.165, 1.54) is 0 Å². The van der Waals surface area contributed by atoms with Gasteiger partial charge in [0.15, 0.2) is 5.41 Å². The first-order valence-corrected chi connectivity index (χ1v) is 7.53. The maximum atomic E-state index is 12.9. The number of hydrogen-bond donors (Lipinski definition) is 1. The minimum atomic E-state index is -5.00. The van der Waals surface area contributed by atoms with Crippen molar-refractivity contribution in [3.8, 4) is 0 Å². The largest absolute Gasteiger partial charge is 0.481 e. The van der Waals surface area contributed by atoms with Gasteiger partial charge in [-0.2, -0.15) is 13.2 Å². The summed E-state index contributed by atoms with van der Waals surface area (Å²) in [4.78, 5) is 10.9. The number of aliphatic carboxylic acids is 1. The van der Waals surface area contributed by atoms with E-state index in [-0.39, 0.29) is 13.2 Å². The number of nitrogens with zero attached hydrogens (tertiary/aromatic N) is 1. The van der Waals surface area contributed by atoms with Crippen LogP contribution < -0.4 is 0 Å². The highest BCUT2D eigenvalue weighted by Gasteiger charge is 2.64. The van der Waals surface area contributed by atoms with Gasteiger partial charge >= 0.3 is 12.1 Å². The standard InChI is InChI=1S/C10H16F3NO5S/c1-2-19-5-6-20(17,18)14-4-3-9(7-14,8(15)16)10(11,12)13/h2-7H2,1H3,(H,15,16). The number of ether oxygens (including phenoxy) is 1. The van der Waals surface area contributed by atoms with Gasteiger partial charge in [0.05, 0.1) is 12.4 Å². The summed E-state index contributed by atoms with van der Waals surface area (Å²) >= 11 is 0. The Kier molecular flexibility index (Phi) is 5.03. The first-order chi connectivity index (χ1) is 9.07. The third kappa shape index (κ3) is 3.23. The highest BCUT2D eigenvalue weighted by Crippen LogP contribution is 2.46. The number of sulfonamides is 1. The molecular formula is C10H16F3NO5S. The van der Waals surface area contributed by atoms with E-state index < -0.39 is 52.8 Å². The Morgan fingerprint density at radius 3 is 2.45 bits per heavy atom. The molecule has 0 saturated carbocycles. The minimum Gasteiger partial charge on any atom is -0.481 e. The van der Waals surface area contributed by atoms with Crippen molar-refractivity contribution in [2.45, 2.75) is 19.5 Å². The summed E-state index contributed by atoms with van der Waals surface area (Å²) < 4.78 is 67.8. The number of carboxylic acids is 1. The van der Waals surface area contributed by atoms with Gasteiger partial charge in [-0.05, 0) is 13.3 Å². The average Bonchev–Trinajstić information content (AvgIpc) is 2.75. The van der Waals surface area contributed by atoms with Crippen LogP contribution in [-0.2, 0) is 19.6 Å². The van der Waals surface area contributed by atoms with Crippen LogP contribution in [0.4, 0.5) is 13.2 Å². The molecule has 1 atom stereocenters. The van der Waals surface area contributed by atoms with E-state index in [1.807, 2.05) is 0 Å². The number of alkyl halides is 3. The molecule has 1 aliphatic heterocycles. The molecule has 0 aliphatic carbocycles. The molecule has 0 aromatic heterocycles. The number of carbonyl (C=O) groups is 1. The lowest BCUT2D eigenvalue weighted by atomic mass is 9.86. The fourth-order valence-corrected chi connectivity index (χ4v) is 3.35. The summed E-state index contributed by atoms with van der Waals surface area (Å²) in [5.74, 6) is -2.51. The van der Waals surface area contributed by atoms with Crippen LogP contribution >= 0.6 is 0 Å². The van der Waals surface area contributed by atoms with Crippen molar-refractivity contribution >= 4 is 16.0 Å². The van der Waals surface area contributed by atoms with E-state index in [9.17, 15) is 26.4 Å². The van der Waals surface area contributed by atoms with Gasteiger partial charge in [0.1, 0.15) is 0 Å². The van der Waals surface area contributed by atoms with Crippen LogP contribution in [0.3, 0.4) is 0 Å². The van der Waals surface area contributed by atoms with Crippen LogP contribution in [0.25, 0.3) is 0 Å². The van der Waals surface area contributed by atoms with Crippen LogP contribution in [0.1, 0.15) is 13.3 Å². The Balaban J connectivity index is 2.87. The highest BCUT2D eigenvalue weighted by atomic mass is 32.2. The SMILES string of the molecule is CCOCCS(=O)(=O)N1CCC(C(=O)O)(C(F)(F)F)C1. The minimum absolute atomic E-state index is 0.137. The fourth-order valence-electron chi connectivity index (χ4n) is 1.98. The molecule has 118 valence electrons. The Bertz CT molecular complexity index is 464. The topological polar surface area (TPSA) is 83.9 Å². The molecule has 10 heteroatoms. The molecule has 1 unspecified atom stereocenters. The lowest BCUT2D eigenvalue weighted by Crippen LogP contribution is -2.48. The first-order valence-electron chi connectivity index (χ1n) is 5.92. The van der Waals surface area contributed by atoms with Gasteiger partial charge in [-0.3, -0.25) is 4.79 Å². The van der Waals surface area contributed by atoms with Gasteiger partial charge in [0, 0.05) is 19.7 Å². The summed E-state index contributed by atoms with van der Waals surface area (Å²) in [5, 5.41) is 8.83. The van der Waals surface area contributed by atoms with E-state index in [0.717, 1.165) is 0 Å². The van der Waals surface area contributed by atoms with E-state index in [0.29, 0.717) is 4.31 Å². The van der Waals surface area contributed by atoms with E-state index >= 15 is 0 Å². The second-order valence-corrected chi connectivity index (χ2v) is 6.57. The molecule has 0 spiro atoms. The van der Waals surface area contributed by atoms with Gasteiger partial charge in [-0.1, -0.05) is 0 Å². The third-order valence-corrected chi connectivity index (χ3v) is 5.05. The summed E-state index contributed by atoms with van der Waals surface area (Å²) in [6.07, 6.45) is -5.78. The number of carboxylic acid groups (broad SMARTS) is 1. The summed E-state index contributed by atoms with van der Waals surface area (Å²) in [6, 6.07) is 0. The highest BCUT2D eigenvalue weighted by molar-refractivity contribution is 7.89. The molecule has 0 amide bonds. The van der Waals surface area contributed by atoms with E-state index in [2.05, 4.69) is 0 Å². The molecule has 0 radical (unpaired) electrons. The molecule has 1 saturated heterocycles. The van der Waals surface area contributed by atoms with Gasteiger partial charge in [0.25, 0.3) is 0 Å². The second-order valence-electron chi connectivity index (χ2n) is 4.48. The Morgan fingerprint density at radius 2 is 2.05 bits per heavy atom. The number of rotatable bonds is 6. The summed E-state index contributed by atoms with van der Waals surface area (Å²) in [7, 11) is -3.95.